The molecule has 0 aliphatic heterocycles. The van der Waals surface area contributed by atoms with Gasteiger partial charge in [-0.1, -0.05) is 11.6 Å². The Kier molecular flexibility index (Phi) is 4.15. The lowest BCUT2D eigenvalue weighted by Crippen LogP contribution is -2.35. The van der Waals surface area contributed by atoms with E-state index in [1.165, 1.54) is 12.4 Å². The molecule has 6 heteroatoms. The highest BCUT2D eigenvalue weighted by Gasteiger charge is 2.28. The van der Waals surface area contributed by atoms with Crippen molar-refractivity contribution in [2.45, 2.75) is 12.8 Å². The topological polar surface area (TPSA) is 71.1 Å². The van der Waals surface area contributed by atoms with E-state index in [0.717, 1.165) is 12.8 Å². The van der Waals surface area contributed by atoms with E-state index in [9.17, 15) is 9.59 Å². The number of pyridine rings is 1. The lowest BCUT2D eigenvalue weighted by molar-refractivity contribution is -0.122. The molecule has 0 spiro atoms. The van der Waals surface area contributed by atoms with Crippen molar-refractivity contribution < 1.29 is 9.59 Å². The maximum Gasteiger partial charge on any atom is 0.254 e. The second-order valence-electron chi connectivity index (χ2n) is 4.18. The van der Waals surface area contributed by atoms with Crippen LogP contribution in [0.2, 0.25) is 5.02 Å². The van der Waals surface area contributed by atoms with Gasteiger partial charge in [-0.2, -0.15) is 0 Å². The van der Waals surface area contributed by atoms with E-state index < -0.39 is 0 Å². The largest absolute Gasteiger partial charge is 0.354 e. The smallest absolute Gasteiger partial charge is 0.254 e. The number of amides is 2. The molecule has 0 aromatic carbocycles. The van der Waals surface area contributed by atoms with Gasteiger partial charge in [0.1, 0.15) is 0 Å². The van der Waals surface area contributed by atoms with Gasteiger partial charge >= 0.3 is 0 Å². The van der Waals surface area contributed by atoms with Gasteiger partial charge in [0, 0.05) is 31.4 Å². The molecule has 96 valence electrons. The van der Waals surface area contributed by atoms with Crippen molar-refractivity contribution in [3.63, 3.8) is 0 Å². The molecule has 0 atom stereocenters. The molecule has 1 aliphatic rings. The van der Waals surface area contributed by atoms with E-state index in [1.54, 1.807) is 6.07 Å². The van der Waals surface area contributed by atoms with Crippen molar-refractivity contribution in [2.24, 2.45) is 5.92 Å². The van der Waals surface area contributed by atoms with Crippen molar-refractivity contribution in [3.05, 3.63) is 29.0 Å². The Morgan fingerprint density at radius 1 is 1.33 bits per heavy atom. The van der Waals surface area contributed by atoms with Gasteiger partial charge in [0.2, 0.25) is 5.91 Å². The van der Waals surface area contributed by atoms with Crippen LogP contribution in [-0.2, 0) is 4.79 Å². The van der Waals surface area contributed by atoms with Crippen LogP contribution in [0.25, 0.3) is 0 Å². The van der Waals surface area contributed by atoms with Crippen LogP contribution in [-0.4, -0.2) is 29.9 Å². The van der Waals surface area contributed by atoms with Gasteiger partial charge in [0.05, 0.1) is 10.6 Å². The first kappa shape index (κ1) is 12.8. The number of carbonyl (C=O) groups is 2. The van der Waals surface area contributed by atoms with Gasteiger partial charge in [-0.15, -0.1) is 0 Å². The van der Waals surface area contributed by atoms with Crippen LogP contribution in [0.1, 0.15) is 23.2 Å². The number of hydrogen-bond acceptors (Lipinski definition) is 3. The van der Waals surface area contributed by atoms with Gasteiger partial charge < -0.3 is 10.6 Å². The molecule has 0 bridgehead atoms. The molecule has 1 aromatic rings. The van der Waals surface area contributed by atoms with Crippen molar-refractivity contribution in [1.82, 2.24) is 15.6 Å². The third-order valence-corrected chi connectivity index (χ3v) is 3.00. The van der Waals surface area contributed by atoms with Crippen LogP contribution >= 0.6 is 11.6 Å². The van der Waals surface area contributed by atoms with E-state index in [0.29, 0.717) is 23.7 Å². The van der Waals surface area contributed by atoms with E-state index >= 15 is 0 Å². The third-order valence-electron chi connectivity index (χ3n) is 2.67. The lowest BCUT2D eigenvalue weighted by Gasteiger charge is -2.07. The minimum Gasteiger partial charge on any atom is -0.354 e. The Bertz CT molecular complexity index is 460. The molecule has 2 rings (SSSR count). The SMILES string of the molecule is O=C(NCCNC(=O)C1CC1)c1cnccc1Cl. The van der Waals surface area contributed by atoms with Crippen LogP contribution in [0.3, 0.4) is 0 Å². The summed E-state index contributed by atoms with van der Waals surface area (Å²) in [6, 6.07) is 1.56. The molecule has 1 aliphatic carbocycles. The molecule has 1 saturated carbocycles. The second kappa shape index (κ2) is 5.82. The number of nitrogens with one attached hydrogen (secondary N) is 2. The fraction of sp³-hybridized carbons (Fsp3) is 0.417. The average molecular weight is 268 g/mol. The monoisotopic (exact) mass is 267 g/mol. The van der Waals surface area contributed by atoms with Crippen molar-refractivity contribution in [1.29, 1.82) is 0 Å². The zero-order valence-corrected chi connectivity index (χ0v) is 10.5. The summed E-state index contributed by atoms with van der Waals surface area (Å²) in [4.78, 5) is 26.9. The summed E-state index contributed by atoms with van der Waals surface area (Å²) in [5.74, 6) is -0.0223. The summed E-state index contributed by atoms with van der Waals surface area (Å²) in [6.07, 6.45) is 4.89. The first-order chi connectivity index (χ1) is 8.68. The number of rotatable bonds is 5. The Balaban J connectivity index is 1.71. The molecule has 1 aromatic heterocycles. The van der Waals surface area contributed by atoms with E-state index in [-0.39, 0.29) is 17.7 Å². The summed E-state index contributed by atoms with van der Waals surface area (Å²) < 4.78 is 0. The summed E-state index contributed by atoms with van der Waals surface area (Å²) in [5, 5.41) is 5.81. The van der Waals surface area contributed by atoms with Crippen LogP contribution in [0.5, 0.6) is 0 Å². The van der Waals surface area contributed by atoms with Gasteiger partial charge in [0.25, 0.3) is 5.91 Å². The molecule has 2 amide bonds. The number of halogens is 1. The zero-order valence-electron chi connectivity index (χ0n) is 9.78. The van der Waals surface area contributed by atoms with Crippen molar-refractivity contribution >= 4 is 23.4 Å². The highest BCUT2D eigenvalue weighted by Crippen LogP contribution is 2.28. The third kappa shape index (κ3) is 3.43. The molecule has 0 radical (unpaired) electrons. The highest BCUT2D eigenvalue weighted by molar-refractivity contribution is 6.33. The highest BCUT2D eigenvalue weighted by atomic mass is 35.5. The van der Waals surface area contributed by atoms with E-state index in [1.807, 2.05) is 0 Å². The van der Waals surface area contributed by atoms with Crippen molar-refractivity contribution in [2.75, 3.05) is 13.1 Å². The second-order valence-corrected chi connectivity index (χ2v) is 4.58. The first-order valence-corrected chi connectivity index (χ1v) is 6.21. The first-order valence-electron chi connectivity index (χ1n) is 5.84. The summed E-state index contributed by atoms with van der Waals surface area (Å²) >= 11 is 5.86. The molecular formula is C12H14ClN3O2. The van der Waals surface area contributed by atoms with E-state index in [2.05, 4.69) is 15.6 Å². The van der Waals surface area contributed by atoms with Crippen LogP contribution in [0.4, 0.5) is 0 Å². The standard InChI is InChI=1S/C12H14ClN3O2/c13-10-3-4-14-7-9(10)12(18)16-6-5-15-11(17)8-1-2-8/h3-4,7-8H,1-2,5-6H2,(H,15,17)(H,16,18). The molecule has 18 heavy (non-hydrogen) atoms. The molecular weight excluding hydrogens is 254 g/mol. The summed E-state index contributed by atoms with van der Waals surface area (Å²) in [5.41, 5.74) is 0.340. The van der Waals surface area contributed by atoms with Crippen LogP contribution < -0.4 is 10.6 Å². The Morgan fingerprint density at radius 2 is 2.06 bits per heavy atom. The van der Waals surface area contributed by atoms with Gasteiger partial charge in [-0.25, -0.2) is 0 Å². The quantitative estimate of drug-likeness (QED) is 0.782. The Morgan fingerprint density at radius 3 is 2.72 bits per heavy atom. The average Bonchev–Trinajstić information content (AvgIpc) is 3.19. The maximum absolute atomic E-state index is 11.7. The number of nitrogens with zero attached hydrogens (tertiary/aromatic N) is 1. The molecule has 1 fully saturated rings. The minimum atomic E-state index is -0.284. The van der Waals surface area contributed by atoms with Gasteiger partial charge in [0.15, 0.2) is 0 Å². The summed E-state index contributed by atoms with van der Waals surface area (Å²) in [7, 11) is 0. The molecule has 1 heterocycles. The fourth-order valence-electron chi connectivity index (χ4n) is 1.49. The molecule has 0 saturated heterocycles. The molecule has 2 N–H and O–H groups in total. The number of carbonyl (C=O) groups excluding carboxylic acids is 2. The maximum atomic E-state index is 11.7. The molecule has 0 unspecified atom stereocenters. The number of hydrogen-bond donors (Lipinski definition) is 2. The normalized spacial score (nSPS) is 14.1. The van der Waals surface area contributed by atoms with E-state index in [4.69, 9.17) is 11.6 Å². The predicted molar refractivity (Wildman–Crippen MR) is 67.3 cm³/mol. The predicted octanol–water partition coefficient (Wildman–Crippen LogP) is 0.991. The zero-order chi connectivity index (χ0) is 13.0. The van der Waals surface area contributed by atoms with Gasteiger partial charge in [-0.05, 0) is 18.9 Å². The summed E-state index contributed by atoms with van der Waals surface area (Å²) in [6.45, 7) is 0.807. The molecule has 5 nitrogen and oxygen atoms in total. The Hall–Kier alpha value is -1.62. The van der Waals surface area contributed by atoms with Crippen LogP contribution in [0.15, 0.2) is 18.5 Å². The minimum absolute atomic E-state index is 0.0728. The number of aromatic nitrogens is 1. The van der Waals surface area contributed by atoms with Gasteiger partial charge in [-0.3, -0.25) is 14.6 Å². The van der Waals surface area contributed by atoms with Crippen molar-refractivity contribution in [3.8, 4) is 0 Å². The Labute approximate surface area is 110 Å². The lowest BCUT2D eigenvalue weighted by atomic mass is 10.2. The van der Waals surface area contributed by atoms with Crippen LogP contribution in [0, 0.1) is 5.92 Å². The fourth-order valence-corrected chi connectivity index (χ4v) is 1.68.